The third-order valence-electron chi connectivity index (χ3n) is 1.36. The van der Waals surface area contributed by atoms with Crippen LogP contribution in [0.4, 0.5) is 5.82 Å². The number of nitrogens with one attached hydrogen (secondary N) is 1. The first-order chi connectivity index (χ1) is 5.77. The summed E-state index contributed by atoms with van der Waals surface area (Å²) in [5.74, 6) is 1.73. The Morgan fingerprint density at radius 3 is 3.08 bits per heavy atom. The lowest BCUT2D eigenvalue weighted by Gasteiger charge is -2.00. The highest BCUT2D eigenvalue weighted by Gasteiger charge is 2.06. The van der Waals surface area contributed by atoms with Crippen molar-refractivity contribution in [2.45, 2.75) is 6.92 Å². The molecule has 1 rings (SSSR count). The van der Waals surface area contributed by atoms with Gasteiger partial charge in [-0.25, -0.2) is 0 Å². The van der Waals surface area contributed by atoms with Crippen LogP contribution < -0.4 is 5.32 Å². The van der Waals surface area contributed by atoms with E-state index in [-0.39, 0.29) is 0 Å². The SMILES string of the molecule is C=C(OCC)c1cc(NC)no1. The van der Waals surface area contributed by atoms with Crippen molar-refractivity contribution < 1.29 is 9.26 Å². The highest BCUT2D eigenvalue weighted by molar-refractivity contribution is 5.55. The molecule has 0 radical (unpaired) electrons. The summed E-state index contributed by atoms with van der Waals surface area (Å²) < 4.78 is 10.1. The molecular weight excluding hydrogens is 156 g/mol. The van der Waals surface area contributed by atoms with Gasteiger partial charge in [-0.15, -0.1) is 0 Å². The maximum absolute atomic E-state index is 5.13. The molecule has 1 aromatic rings. The van der Waals surface area contributed by atoms with E-state index in [4.69, 9.17) is 9.26 Å². The van der Waals surface area contributed by atoms with Crippen LogP contribution in [0, 0.1) is 0 Å². The van der Waals surface area contributed by atoms with Crippen LogP contribution in [-0.4, -0.2) is 18.8 Å². The Morgan fingerprint density at radius 1 is 1.83 bits per heavy atom. The Balaban J connectivity index is 2.68. The Hall–Kier alpha value is -1.45. The molecule has 1 N–H and O–H groups in total. The molecule has 0 aromatic carbocycles. The Morgan fingerprint density at radius 2 is 2.58 bits per heavy atom. The van der Waals surface area contributed by atoms with E-state index >= 15 is 0 Å². The molecule has 0 aliphatic rings. The molecule has 12 heavy (non-hydrogen) atoms. The van der Waals surface area contributed by atoms with Crippen LogP contribution in [0.25, 0.3) is 5.76 Å². The lowest BCUT2D eigenvalue weighted by molar-refractivity contribution is 0.279. The molecule has 0 saturated heterocycles. The molecule has 0 aliphatic heterocycles. The molecule has 1 heterocycles. The quantitative estimate of drug-likeness (QED) is 0.695. The summed E-state index contributed by atoms with van der Waals surface area (Å²) in [6.45, 7) is 6.15. The molecule has 0 amide bonds. The smallest absolute Gasteiger partial charge is 0.203 e. The van der Waals surface area contributed by atoms with Crippen molar-refractivity contribution in [2.75, 3.05) is 19.0 Å². The molecule has 0 aliphatic carbocycles. The van der Waals surface area contributed by atoms with Crippen molar-refractivity contribution in [2.24, 2.45) is 0 Å². The standard InChI is InChI=1S/C8H12N2O2/c1-4-11-6(2)7-5-8(9-3)10-12-7/h5H,2,4H2,1,3H3,(H,9,10). The van der Waals surface area contributed by atoms with Crippen molar-refractivity contribution >= 4 is 11.6 Å². The molecule has 0 atom stereocenters. The molecule has 0 bridgehead atoms. The van der Waals surface area contributed by atoms with Gasteiger partial charge < -0.3 is 14.6 Å². The molecular formula is C8H12N2O2. The molecule has 0 spiro atoms. The molecule has 0 saturated carbocycles. The Bertz CT molecular complexity index is 268. The van der Waals surface area contributed by atoms with Crippen molar-refractivity contribution in [1.82, 2.24) is 5.16 Å². The molecule has 0 unspecified atom stereocenters. The number of aromatic nitrogens is 1. The van der Waals surface area contributed by atoms with Gasteiger partial charge in [-0.05, 0) is 6.92 Å². The van der Waals surface area contributed by atoms with Gasteiger partial charge >= 0.3 is 0 Å². The fraction of sp³-hybridized carbons (Fsp3) is 0.375. The number of nitrogens with zero attached hydrogens (tertiary/aromatic N) is 1. The zero-order valence-corrected chi connectivity index (χ0v) is 7.26. The summed E-state index contributed by atoms with van der Waals surface area (Å²) in [5.41, 5.74) is 0. The van der Waals surface area contributed by atoms with Crippen LogP contribution >= 0.6 is 0 Å². The van der Waals surface area contributed by atoms with Crippen molar-refractivity contribution in [3.63, 3.8) is 0 Å². The fourth-order valence-corrected chi connectivity index (χ4v) is 0.770. The van der Waals surface area contributed by atoms with Crippen LogP contribution in [0.1, 0.15) is 12.7 Å². The van der Waals surface area contributed by atoms with E-state index < -0.39 is 0 Å². The summed E-state index contributed by atoms with van der Waals surface area (Å²) in [6.07, 6.45) is 0. The largest absolute Gasteiger partial charge is 0.490 e. The lowest BCUT2D eigenvalue weighted by Crippen LogP contribution is -1.87. The highest BCUT2D eigenvalue weighted by atomic mass is 16.5. The first-order valence-electron chi connectivity index (χ1n) is 3.74. The second-order valence-corrected chi connectivity index (χ2v) is 2.18. The number of hydrogen-bond acceptors (Lipinski definition) is 4. The van der Waals surface area contributed by atoms with Crippen LogP contribution in [0.15, 0.2) is 17.2 Å². The van der Waals surface area contributed by atoms with Crippen LogP contribution in [0.5, 0.6) is 0 Å². The second kappa shape index (κ2) is 3.80. The summed E-state index contributed by atoms with van der Waals surface area (Å²) in [7, 11) is 1.77. The Kier molecular flexibility index (Phi) is 2.74. The van der Waals surface area contributed by atoms with Gasteiger partial charge in [0.2, 0.25) is 5.76 Å². The summed E-state index contributed by atoms with van der Waals surface area (Å²) in [4.78, 5) is 0. The summed E-state index contributed by atoms with van der Waals surface area (Å²) >= 11 is 0. The molecule has 1 aromatic heterocycles. The van der Waals surface area contributed by atoms with Crippen molar-refractivity contribution in [3.8, 4) is 0 Å². The Labute approximate surface area is 71.2 Å². The first-order valence-corrected chi connectivity index (χ1v) is 3.74. The van der Waals surface area contributed by atoms with Crippen molar-refractivity contribution in [1.29, 1.82) is 0 Å². The molecule has 4 nitrogen and oxygen atoms in total. The third kappa shape index (κ3) is 1.78. The third-order valence-corrected chi connectivity index (χ3v) is 1.36. The van der Waals surface area contributed by atoms with E-state index in [1.54, 1.807) is 13.1 Å². The van der Waals surface area contributed by atoms with Crippen LogP contribution in [0.2, 0.25) is 0 Å². The van der Waals surface area contributed by atoms with Gasteiger partial charge in [0.1, 0.15) is 0 Å². The van der Waals surface area contributed by atoms with Crippen molar-refractivity contribution in [3.05, 3.63) is 18.4 Å². The predicted molar refractivity (Wildman–Crippen MR) is 46.7 cm³/mol. The van der Waals surface area contributed by atoms with Gasteiger partial charge in [0.25, 0.3) is 0 Å². The van der Waals surface area contributed by atoms with E-state index in [9.17, 15) is 0 Å². The minimum atomic E-state index is 0.506. The summed E-state index contributed by atoms with van der Waals surface area (Å²) in [6, 6.07) is 1.73. The molecule has 4 heteroatoms. The monoisotopic (exact) mass is 168 g/mol. The average molecular weight is 168 g/mol. The van der Waals surface area contributed by atoms with Gasteiger partial charge in [0.15, 0.2) is 11.6 Å². The van der Waals surface area contributed by atoms with E-state index in [1.807, 2.05) is 6.92 Å². The maximum Gasteiger partial charge on any atom is 0.203 e. The lowest BCUT2D eigenvalue weighted by atomic mass is 10.4. The predicted octanol–water partition coefficient (Wildman–Crippen LogP) is 1.72. The fourth-order valence-electron chi connectivity index (χ4n) is 0.770. The van der Waals surface area contributed by atoms with Gasteiger partial charge in [-0.3, -0.25) is 0 Å². The number of ether oxygens (including phenoxy) is 1. The highest BCUT2D eigenvalue weighted by Crippen LogP contribution is 2.16. The van der Waals surface area contributed by atoms with Gasteiger partial charge in [0, 0.05) is 13.1 Å². The normalized spacial score (nSPS) is 9.50. The average Bonchev–Trinajstić information content (AvgIpc) is 2.52. The molecule has 0 fully saturated rings. The second-order valence-electron chi connectivity index (χ2n) is 2.18. The van der Waals surface area contributed by atoms with Gasteiger partial charge in [-0.2, -0.15) is 0 Å². The van der Waals surface area contributed by atoms with Gasteiger partial charge in [0.05, 0.1) is 6.61 Å². The number of anilines is 1. The van der Waals surface area contributed by atoms with E-state index in [0.29, 0.717) is 23.9 Å². The zero-order chi connectivity index (χ0) is 8.97. The number of hydrogen-bond donors (Lipinski definition) is 1. The minimum Gasteiger partial charge on any atom is -0.490 e. The molecule has 66 valence electrons. The number of rotatable bonds is 4. The van der Waals surface area contributed by atoms with Crippen LogP contribution in [-0.2, 0) is 4.74 Å². The summed E-state index contributed by atoms with van der Waals surface area (Å²) in [5, 5.41) is 6.55. The minimum absolute atomic E-state index is 0.506. The van der Waals surface area contributed by atoms with E-state index in [0.717, 1.165) is 0 Å². The van der Waals surface area contributed by atoms with Crippen LogP contribution in [0.3, 0.4) is 0 Å². The first kappa shape index (κ1) is 8.64. The maximum atomic E-state index is 5.13. The topological polar surface area (TPSA) is 47.3 Å². The zero-order valence-electron chi connectivity index (χ0n) is 7.26. The van der Waals surface area contributed by atoms with E-state index in [1.165, 1.54) is 0 Å². The van der Waals surface area contributed by atoms with E-state index in [2.05, 4.69) is 17.1 Å². The van der Waals surface area contributed by atoms with Gasteiger partial charge in [-0.1, -0.05) is 11.7 Å².